The molecule has 1 aromatic rings. The van der Waals surface area contributed by atoms with Gasteiger partial charge in [0.2, 0.25) is 5.91 Å². The summed E-state index contributed by atoms with van der Waals surface area (Å²) in [6.45, 7) is 7.91. The number of rotatable bonds is 14. The van der Waals surface area contributed by atoms with Crippen LogP contribution in [0, 0.1) is 11.8 Å². The molecule has 6 heteroatoms. The van der Waals surface area contributed by atoms with Crippen molar-refractivity contribution in [3.05, 3.63) is 35.4 Å². The molecule has 1 heterocycles. The molecule has 0 aromatic heterocycles. The van der Waals surface area contributed by atoms with Crippen molar-refractivity contribution in [2.24, 2.45) is 11.8 Å². The first-order valence-electron chi connectivity index (χ1n) is 12.3. The van der Waals surface area contributed by atoms with Gasteiger partial charge < -0.3 is 24.0 Å². The highest BCUT2D eigenvalue weighted by atomic mass is 16.7. The van der Waals surface area contributed by atoms with Crippen LogP contribution >= 0.6 is 0 Å². The first kappa shape index (κ1) is 25.2. The quantitative estimate of drug-likeness (QED) is 0.324. The van der Waals surface area contributed by atoms with E-state index in [1.165, 1.54) is 50.0 Å². The molecule has 0 N–H and O–H groups in total. The Labute approximate surface area is 194 Å². The van der Waals surface area contributed by atoms with Crippen LogP contribution in [-0.4, -0.2) is 82.2 Å². The van der Waals surface area contributed by atoms with E-state index in [0.29, 0.717) is 32.7 Å². The number of hydrogen-bond donors (Lipinski definition) is 0. The van der Waals surface area contributed by atoms with Gasteiger partial charge in [0.1, 0.15) is 0 Å². The lowest BCUT2D eigenvalue weighted by molar-refractivity contribution is -0.145. The van der Waals surface area contributed by atoms with Gasteiger partial charge in [-0.05, 0) is 55.6 Å². The molecular formula is C26H42N2O4. The largest absolute Gasteiger partial charge is 0.381 e. The van der Waals surface area contributed by atoms with Crippen LogP contribution in [0.25, 0.3) is 0 Å². The molecule has 2 unspecified atom stereocenters. The second-order valence-electron chi connectivity index (χ2n) is 9.23. The van der Waals surface area contributed by atoms with Crippen LogP contribution in [0.2, 0.25) is 0 Å². The zero-order valence-electron chi connectivity index (χ0n) is 20.3. The number of ether oxygens (including phenoxy) is 3. The number of methoxy groups -OCH3 is 2. The van der Waals surface area contributed by atoms with Gasteiger partial charge in [0.25, 0.3) is 0 Å². The number of hydrogen-bond acceptors (Lipinski definition) is 5. The van der Waals surface area contributed by atoms with Crippen LogP contribution in [0.3, 0.4) is 0 Å². The molecule has 180 valence electrons. The van der Waals surface area contributed by atoms with Gasteiger partial charge in [0.15, 0.2) is 6.29 Å². The summed E-state index contributed by atoms with van der Waals surface area (Å²) < 4.78 is 16.2. The summed E-state index contributed by atoms with van der Waals surface area (Å²) in [6.07, 6.45) is 6.32. The number of amides is 1. The van der Waals surface area contributed by atoms with Gasteiger partial charge in [-0.3, -0.25) is 4.79 Å². The maximum atomic E-state index is 12.4. The van der Waals surface area contributed by atoms with Gasteiger partial charge in [-0.1, -0.05) is 30.7 Å². The van der Waals surface area contributed by atoms with Crippen LogP contribution in [0.4, 0.5) is 0 Å². The number of carbonyl (C=O) groups is 1. The minimum absolute atomic E-state index is 0.0691. The van der Waals surface area contributed by atoms with Gasteiger partial charge in [-0.25, -0.2) is 0 Å². The van der Waals surface area contributed by atoms with Crippen LogP contribution in [0.5, 0.6) is 0 Å². The molecule has 0 spiro atoms. The highest BCUT2D eigenvalue weighted by Gasteiger charge is 2.35. The second kappa shape index (κ2) is 13.3. The number of benzene rings is 1. The summed E-state index contributed by atoms with van der Waals surface area (Å²) >= 11 is 0. The van der Waals surface area contributed by atoms with Crippen molar-refractivity contribution in [1.82, 2.24) is 9.80 Å². The van der Waals surface area contributed by atoms with E-state index in [1.54, 1.807) is 19.1 Å². The maximum absolute atomic E-state index is 12.4. The van der Waals surface area contributed by atoms with Crippen LogP contribution < -0.4 is 0 Å². The Morgan fingerprint density at radius 3 is 2.44 bits per heavy atom. The monoisotopic (exact) mass is 446 g/mol. The van der Waals surface area contributed by atoms with E-state index in [0.717, 1.165) is 24.7 Å². The fourth-order valence-corrected chi connectivity index (χ4v) is 5.18. The minimum Gasteiger partial charge on any atom is -0.381 e. The van der Waals surface area contributed by atoms with Crippen molar-refractivity contribution in [2.45, 2.75) is 51.7 Å². The van der Waals surface area contributed by atoms with Gasteiger partial charge >= 0.3 is 0 Å². The van der Waals surface area contributed by atoms with Gasteiger partial charge in [-0.15, -0.1) is 0 Å². The number of carbonyl (C=O) groups excluding carboxylic acids is 1. The molecule has 1 saturated carbocycles. The summed E-state index contributed by atoms with van der Waals surface area (Å²) in [5, 5.41) is 0. The second-order valence-corrected chi connectivity index (χ2v) is 9.23. The van der Waals surface area contributed by atoms with Gasteiger partial charge in [0, 0.05) is 40.4 Å². The summed E-state index contributed by atoms with van der Waals surface area (Å²) in [6, 6.07) is 8.90. The molecule has 1 saturated heterocycles. The Morgan fingerprint density at radius 2 is 1.78 bits per heavy atom. The minimum atomic E-state index is -0.391. The zero-order valence-corrected chi connectivity index (χ0v) is 20.3. The molecule has 0 bridgehead atoms. The average Bonchev–Trinajstić information content (AvgIpc) is 3.40. The lowest BCUT2D eigenvalue weighted by atomic mass is 10.0. The Bertz CT molecular complexity index is 682. The summed E-state index contributed by atoms with van der Waals surface area (Å²) in [4.78, 5) is 16.8. The fraction of sp³-hybridized carbons (Fsp3) is 0.731. The van der Waals surface area contributed by atoms with Crippen molar-refractivity contribution in [3.8, 4) is 0 Å². The third kappa shape index (κ3) is 7.55. The highest BCUT2D eigenvalue weighted by molar-refractivity contribution is 5.76. The first-order valence-corrected chi connectivity index (χ1v) is 12.3. The fourth-order valence-electron chi connectivity index (χ4n) is 5.18. The highest BCUT2D eigenvalue weighted by Crippen LogP contribution is 2.37. The first-order chi connectivity index (χ1) is 15.6. The van der Waals surface area contributed by atoms with Gasteiger partial charge in [-0.2, -0.15) is 0 Å². The van der Waals surface area contributed by atoms with Crippen molar-refractivity contribution in [2.75, 3.05) is 60.2 Å². The molecule has 3 rings (SSSR count). The van der Waals surface area contributed by atoms with Crippen LogP contribution in [0.1, 0.15) is 43.7 Å². The molecule has 2 aliphatic rings. The number of likely N-dealkylation sites (N-methyl/N-ethyl adjacent to an activating group) is 1. The molecule has 1 amide bonds. The maximum Gasteiger partial charge on any atom is 0.225 e. The molecule has 0 radical (unpaired) electrons. The SMILES string of the molecule is CCN(CC(OC)OC)C(=O)CCOCCc1cccc(CCN2CC3CCCC3C2)c1. The number of nitrogens with zero attached hydrogens (tertiary/aromatic N) is 2. The molecule has 2 fully saturated rings. The standard InChI is InChI=1S/C26H42N2O4/c1-4-28(20-26(30-2)31-3)25(29)13-16-32-15-12-22-8-5-7-21(17-22)11-14-27-18-23-9-6-10-24(23)19-27/h5,7-8,17,23-24,26H,4,6,9-16,18-20H2,1-3H3. The lowest BCUT2D eigenvalue weighted by Gasteiger charge is -2.25. The van der Waals surface area contributed by atoms with E-state index in [1.807, 2.05) is 6.92 Å². The van der Waals surface area contributed by atoms with E-state index >= 15 is 0 Å². The molecule has 2 atom stereocenters. The molecular weight excluding hydrogens is 404 g/mol. The van der Waals surface area contributed by atoms with E-state index < -0.39 is 6.29 Å². The Morgan fingerprint density at radius 1 is 1.09 bits per heavy atom. The molecule has 32 heavy (non-hydrogen) atoms. The predicted molar refractivity (Wildman–Crippen MR) is 127 cm³/mol. The topological polar surface area (TPSA) is 51.2 Å². The van der Waals surface area contributed by atoms with Crippen LogP contribution in [-0.2, 0) is 31.8 Å². The molecule has 6 nitrogen and oxygen atoms in total. The predicted octanol–water partition coefficient (Wildman–Crippen LogP) is 3.38. The third-order valence-corrected chi connectivity index (χ3v) is 7.14. The zero-order chi connectivity index (χ0) is 22.8. The van der Waals surface area contributed by atoms with E-state index in [2.05, 4.69) is 29.2 Å². The normalized spacial score (nSPS) is 20.8. The third-order valence-electron chi connectivity index (χ3n) is 7.14. The number of likely N-dealkylation sites (tertiary alicyclic amines) is 1. The molecule has 1 aromatic carbocycles. The Kier molecular flexibility index (Phi) is 10.4. The number of fused-ring (bicyclic) bond motifs is 1. The van der Waals surface area contributed by atoms with Crippen LogP contribution in [0.15, 0.2) is 24.3 Å². The average molecular weight is 447 g/mol. The van der Waals surface area contributed by atoms with Gasteiger partial charge in [0.05, 0.1) is 26.2 Å². The van der Waals surface area contributed by atoms with E-state index in [-0.39, 0.29) is 5.91 Å². The molecule has 1 aliphatic carbocycles. The summed E-state index contributed by atoms with van der Waals surface area (Å²) in [7, 11) is 3.17. The van der Waals surface area contributed by atoms with Crippen molar-refractivity contribution < 1.29 is 19.0 Å². The summed E-state index contributed by atoms with van der Waals surface area (Å²) in [5.74, 6) is 2.01. The van der Waals surface area contributed by atoms with E-state index in [9.17, 15) is 4.79 Å². The van der Waals surface area contributed by atoms with Crippen molar-refractivity contribution >= 4 is 5.91 Å². The lowest BCUT2D eigenvalue weighted by Crippen LogP contribution is -2.39. The Hall–Kier alpha value is -1.47. The molecule has 1 aliphatic heterocycles. The van der Waals surface area contributed by atoms with E-state index in [4.69, 9.17) is 14.2 Å². The summed E-state index contributed by atoms with van der Waals surface area (Å²) in [5.41, 5.74) is 2.73. The van der Waals surface area contributed by atoms with Crippen molar-refractivity contribution in [1.29, 1.82) is 0 Å². The smallest absolute Gasteiger partial charge is 0.225 e. The Balaban J connectivity index is 1.31. The van der Waals surface area contributed by atoms with Crippen molar-refractivity contribution in [3.63, 3.8) is 0 Å².